The zero-order valence-electron chi connectivity index (χ0n) is 8.68. The molecule has 0 radical (unpaired) electrons. The van der Waals surface area contributed by atoms with Gasteiger partial charge in [0, 0.05) is 13.1 Å². The van der Waals surface area contributed by atoms with Crippen molar-refractivity contribution in [2.45, 2.75) is 30.7 Å². The molecule has 1 atom stereocenters. The number of hydrogen-bond acceptors (Lipinski definition) is 3. The van der Waals surface area contributed by atoms with Gasteiger partial charge in [0.25, 0.3) is 0 Å². The first-order valence-electron chi connectivity index (χ1n) is 5.07. The van der Waals surface area contributed by atoms with Crippen molar-refractivity contribution in [2.75, 3.05) is 19.6 Å². The molecule has 0 aromatic carbocycles. The fourth-order valence-corrected chi connectivity index (χ4v) is 2.97. The Morgan fingerprint density at radius 2 is 2.06 bits per heavy atom. The number of piperidine rings is 1. The molecule has 1 rings (SSSR count). The third kappa shape index (κ3) is 4.67. The maximum absolute atomic E-state index is 11.8. The quantitative estimate of drug-likeness (QED) is 0.778. The highest BCUT2D eigenvalue weighted by atomic mass is 32.2. The Balaban J connectivity index is 2.39. The van der Waals surface area contributed by atoms with Crippen LogP contribution in [0.1, 0.15) is 19.3 Å². The summed E-state index contributed by atoms with van der Waals surface area (Å²) in [6.07, 6.45) is -4.24. The summed E-state index contributed by atoms with van der Waals surface area (Å²) in [7, 11) is -3.62. The van der Waals surface area contributed by atoms with Gasteiger partial charge in [0.05, 0.1) is 11.7 Å². The number of halogens is 3. The second kappa shape index (κ2) is 5.33. The molecular weight excluding hydrogens is 245 g/mol. The number of nitrogens with one attached hydrogen (secondary N) is 2. The van der Waals surface area contributed by atoms with Crippen molar-refractivity contribution in [3.8, 4) is 0 Å². The average Bonchev–Trinajstić information content (AvgIpc) is 2.17. The Morgan fingerprint density at radius 1 is 1.38 bits per heavy atom. The number of sulfonamides is 1. The van der Waals surface area contributed by atoms with Crippen LogP contribution in [0.5, 0.6) is 0 Å². The molecule has 0 bridgehead atoms. The zero-order valence-corrected chi connectivity index (χ0v) is 9.50. The summed E-state index contributed by atoms with van der Waals surface area (Å²) >= 11 is 0. The van der Waals surface area contributed by atoms with E-state index in [1.165, 1.54) is 0 Å². The number of rotatable bonds is 4. The van der Waals surface area contributed by atoms with Crippen LogP contribution >= 0.6 is 0 Å². The van der Waals surface area contributed by atoms with E-state index >= 15 is 0 Å². The Bertz CT molecular complexity index is 310. The molecule has 0 spiro atoms. The first-order valence-corrected chi connectivity index (χ1v) is 6.62. The van der Waals surface area contributed by atoms with Crippen molar-refractivity contribution in [1.82, 2.24) is 10.0 Å². The van der Waals surface area contributed by atoms with Gasteiger partial charge in [-0.05, 0) is 19.4 Å². The summed E-state index contributed by atoms with van der Waals surface area (Å²) < 4.78 is 60.6. The molecule has 2 N–H and O–H groups in total. The SMILES string of the molecule is O=S(=O)(NCCC(F)(F)F)C1CCCNC1. The van der Waals surface area contributed by atoms with Crippen molar-refractivity contribution < 1.29 is 21.6 Å². The maximum Gasteiger partial charge on any atom is 0.390 e. The lowest BCUT2D eigenvalue weighted by molar-refractivity contribution is -0.132. The van der Waals surface area contributed by atoms with Crippen molar-refractivity contribution in [2.24, 2.45) is 0 Å². The molecule has 96 valence electrons. The average molecular weight is 260 g/mol. The van der Waals surface area contributed by atoms with Crippen LogP contribution < -0.4 is 10.0 Å². The van der Waals surface area contributed by atoms with E-state index in [1.54, 1.807) is 0 Å². The van der Waals surface area contributed by atoms with E-state index in [-0.39, 0.29) is 0 Å². The summed E-state index contributed by atoms with van der Waals surface area (Å²) in [6.45, 7) is 0.484. The molecule has 1 aliphatic heterocycles. The molecule has 0 aromatic rings. The lowest BCUT2D eigenvalue weighted by Crippen LogP contribution is -2.44. The molecule has 0 aromatic heterocycles. The van der Waals surface area contributed by atoms with E-state index in [0.29, 0.717) is 13.0 Å². The molecule has 1 unspecified atom stereocenters. The lowest BCUT2D eigenvalue weighted by atomic mass is 10.2. The van der Waals surface area contributed by atoms with E-state index in [4.69, 9.17) is 0 Å². The number of hydrogen-bond donors (Lipinski definition) is 2. The first-order chi connectivity index (χ1) is 7.31. The summed E-state index contributed by atoms with van der Waals surface area (Å²) in [6, 6.07) is 0. The smallest absolute Gasteiger partial charge is 0.315 e. The third-order valence-corrected chi connectivity index (χ3v) is 4.29. The van der Waals surface area contributed by atoms with Crippen LogP contribution in [0.2, 0.25) is 0 Å². The van der Waals surface area contributed by atoms with Gasteiger partial charge in [-0.15, -0.1) is 0 Å². The number of alkyl halides is 3. The minimum atomic E-state index is -4.33. The van der Waals surface area contributed by atoms with Gasteiger partial charge >= 0.3 is 6.18 Å². The van der Waals surface area contributed by atoms with Crippen LogP contribution in [0.15, 0.2) is 0 Å². The molecule has 1 heterocycles. The van der Waals surface area contributed by atoms with Gasteiger partial charge in [0.15, 0.2) is 0 Å². The van der Waals surface area contributed by atoms with E-state index in [0.717, 1.165) is 13.0 Å². The van der Waals surface area contributed by atoms with E-state index in [2.05, 4.69) is 5.32 Å². The highest BCUT2D eigenvalue weighted by molar-refractivity contribution is 7.90. The van der Waals surface area contributed by atoms with Crippen molar-refractivity contribution in [1.29, 1.82) is 0 Å². The van der Waals surface area contributed by atoms with Gasteiger partial charge in [0.2, 0.25) is 10.0 Å². The second-order valence-electron chi connectivity index (χ2n) is 3.77. The van der Waals surface area contributed by atoms with Crippen LogP contribution in [0.3, 0.4) is 0 Å². The highest BCUT2D eigenvalue weighted by Gasteiger charge is 2.30. The van der Waals surface area contributed by atoms with Crippen LogP contribution in [0.4, 0.5) is 13.2 Å². The van der Waals surface area contributed by atoms with Crippen molar-refractivity contribution in [3.05, 3.63) is 0 Å². The standard InChI is InChI=1S/C8H15F3N2O2S/c9-8(10,11)3-5-13-16(14,15)7-2-1-4-12-6-7/h7,12-13H,1-6H2. The molecule has 4 nitrogen and oxygen atoms in total. The Hall–Kier alpha value is -0.340. The van der Waals surface area contributed by atoms with Gasteiger partial charge in [0.1, 0.15) is 0 Å². The Labute approximate surface area is 92.6 Å². The van der Waals surface area contributed by atoms with Gasteiger partial charge in [-0.2, -0.15) is 13.2 Å². The minimum Gasteiger partial charge on any atom is -0.315 e. The molecular formula is C8H15F3N2O2S. The van der Waals surface area contributed by atoms with E-state index in [1.807, 2.05) is 4.72 Å². The minimum absolute atomic E-state index is 0.307. The molecule has 8 heteroatoms. The molecule has 1 aliphatic rings. The molecule has 16 heavy (non-hydrogen) atoms. The van der Waals surface area contributed by atoms with Gasteiger partial charge in [-0.3, -0.25) is 0 Å². The Kier molecular flexibility index (Phi) is 4.57. The van der Waals surface area contributed by atoms with Crippen LogP contribution in [-0.2, 0) is 10.0 Å². The van der Waals surface area contributed by atoms with E-state index in [9.17, 15) is 21.6 Å². The predicted octanol–water partition coefficient (Wildman–Crippen LogP) is 0.610. The van der Waals surface area contributed by atoms with Crippen molar-refractivity contribution in [3.63, 3.8) is 0 Å². The van der Waals surface area contributed by atoms with Gasteiger partial charge < -0.3 is 5.32 Å². The highest BCUT2D eigenvalue weighted by Crippen LogP contribution is 2.19. The molecule has 1 saturated heterocycles. The predicted molar refractivity (Wildman–Crippen MR) is 53.5 cm³/mol. The van der Waals surface area contributed by atoms with Gasteiger partial charge in [-0.1, -0.05) is 0 Å². The second-order valence-corrected chi connectivity index (χ2v) is 5.82. The molecule has 0 saturated carbocycles. The van der Waals surface area contributed by atoms with Crippen LogP contribution in [0, 0.1) is 0 Å². The summed E-state index contributed by atoms with van der Waals surface area (Å²) in [5.41, 5.74) is 0. The topological polar surface area (TPSA) is 58.2 Å². The fraction of sp³-hybridized carbons (Fsp3) is 1.00. The summed E-state index contributed by atoms with van der Waals surface area (Å²) in [5, 5.41) is 2.29. The first kappa shape index (κ1) is 13.7. The molecule has 0 amide bonds. The summed E-state index contributed by atoms with van der Waals surface area (Å²) in [5.74, 6) is 0. The third-order valence-electron chi connectivity index (χ3n) is 2.40. The van der Waals surface area contributed by atoms with Crippen molar-refractivity contribution >= 4 is 10.0 Å². The fourth-order valence-electron chi connectivity index (χ4n) is 1.54. The Morgan fingerprint density at radius 3 is 2.56 bits per heavy atom. The summed E-state index contributed by atoms with van der Waals surface area (Å²) in [4.78, 5) is 0. The van der Waals surface area contributed by atoms with Crippen LogP contribution in [-0.4, -0.2) is 39.5 Å². The monoisotopic (exact) mass is 260 g/mol. The largest absolute Gasteiger partial charge is 0.390 e. The lowest BCUT2D eigenvalue weighted by Gasteiger charge is -2.23. The van der Waals surface area contributed by atoms with E-state index < -0.39 is 34.4 Å². The molecule has 1 fully saturated rings. The van der Waals surface area contributed by atoms with Crippen LogP contribution in [0.25, 0.3) is 0 Å². The normalized spacial score (nSPS) is 23.3. The maximum atomic E-state index is 11.8. The molecule has 0 aliphatic carbocycles. The van der Waals surface area contributed by atoms with Gasteiger partial charge in [-0.25, -0.2) is 13.1 Å². The zero-order chi connectivity index (χ0) is 12.2.